The lowest BCUT2D eigenvalue weighted by Crippen LogP contribution is -2.62. The highest BCUT2D eigenvalue weighted by molar-refractivity contribution is 5.87. The summed E-state index contributed by atoms with van der Waals surface area (Å²) in [5, 5.41) is 24.3. The van der Waals surface area contributed by atoms with E-state index in [1.165, 1.54) is 39.8 Å². The van der Waals surface area contributed by atoms with E-state index < -0.39 is 97.9 Å². The van der Waals surface area contributed by atoms with Gasteiger partial charge in [-0.25, -0.2) is 28.7 Å². The van der Waals surface area contributed by atoms with E-state index in [1.54, 1.807) is 30.5 Å². The van der Waals surface area contributed by atoms with Crippen molar-refractivity contribution >= 4 is 29.8 Å². The van der Waals surface area contributed by atoms with Crippen LogP contribution in [-0.4, -0.2) is 157 Å². The number of carbonyl (C=O) groups is 4. The minimum absolute atomic E-state index is 0.0729. The summed E-state index contributed by atoms with van der Waals surface area (Å²) < 4.78 is 86.9. The SMILES string of the molecule is COC(=O)N[C@H](C(=O)N[C@@H](Cc1ccc(C#Cc2ccc(N3CC4CCC(C3)N4C3COC3)nc2)cc1)[C@@H](O)CN(Cc1ccc(-c2cnn(C(F)F)c2)cc1F)NC(=O)[C@@H](NC(=O)OC)C(C)(C)CF)C(C)(C)CF. The van der Waals surface area contributed by atoms with Crippen LogP contribution in [0.2, 0.25) is 0 Å². The number of carbonyl (C=O) groups excluding carboxylic acids is 4. The zero-order valence-electron chi connectivity index (χ0n) is 43.2. The summed E-state index contributed by atoms with van der Waals surface area (Å²) in [5.74, 6) is 4.44. The highest BCUT2D eigenvalue weighted by atomic mass is 19.3. The van der Waals surface area contributed by atoms with Gasteiger partial charge in [0.2, 0.25) is 5.91 Å². The number of hydrogen-bond acceptors (Lipinski definition) is 13. The van der Waals surface area contributed by atoms with Gasteiger partial charge in [0.05, 0.1) is 65.2 Å². The number of methoxy groups -OCH3 is 2. The van der Waals surface area contributed by atoms with Crippen LogP contribution in [0, 0.1) is 28.5 Å². The van der Waals surface area contributed by atoms with Gasteiger partial charge in [-0.1, -0.05) is 63.8 Å². The summed E-state index contributed by atoms with van der Waals surface area (Å²) in [5.41, 5.74) is 1.74. The van der Waals surface area contributed by atoms with Crippen LogP contribution >= 0.6 is 0 Å². The van der Waals surface area contributed by atoms with Crippen molar-refractivity contribution in [3.63, 3.8) is 0 Å². The average molecular weight is 1070 g/mol. The molecule has 3 fully saturated rings. The first-order valence-electron chi connectivity index (χ1n) is 24.9. The predicted molar refractivity (Wildman–Crippen MR) is 269 cm³/mol. The Balaban J connectivity index is 1.13. The first kappa shape index (κ1) is 56.8. The highest BCUT2D eigenvalue weighted by Crippen LogP contribution is 2.35. The fraction of sp³-hybridized carbons (Fsp3) is 0.509. The van der Waals surface area contributed by atoms with E-state index in [4.69, 9.17) is 14.5 Å². The van der Waals surface area contributed by atoms with E-state index in [-0.39, 0.29) is 23.1 Å². The first-order valence-corrected chi connectivity index (χ1v) is 24.9. The van der Waals surface area contributed by atoms with E-state index in [1.807, 2.05) is 12.1 Å². The van der Waals surface area contributed by atoms with Gasteiger partial charge in [0.15, 0.2) is 0 Å². The lowest BCUT2D eigenvalue weighted by molar-refractivity contribution is -0.133. The van der Waals surface area contributed by atoms with Crippen molar-refractivity contribution < 1.29 is 60.4 Å². The largest absolute Gasteiger partial charge is 0.453 e. The molecule has 6 atom stereocenters. The number of aliphatic hydroxyl groups excluding tert-OH is 1. The Morgan fingerprint density at radius 1 is 0.816 bits per heavy atom. The Bertz CT molecular complexity index is 2700. The van der Waals surface area contributed by atoms with Gasteiger partial charge in [0.25, 0.3) is 5.91 Å². The second-order valence-electron chi connectivity index (χ2n) is 20.7. The molecule has 18 nitrogen and oxygen atoms in total. The third-order valence-corrected chi connectivity index (χ3v) is 14.1. The molecule has 0 radical (unpaired) electrons. The van der Waals surface area contributed by atoms with E-state index in [0.717, 1.165) is 82.7 Å². The predicted octanol–water partition coefficient (Wildman–Crippen LogP) is 5.29. The summed E-state index contributed by atoms with van der Waals surface area (Å²) in [6.45, 7) is 2.79. The molecule has 4 amide bonds. The smallest absolute Gasteiger partial charge is 0.407 e. The average Bonchev–Trinajstić information content (AvgIpc) is 3.99. The third-order valence-electron chi connectivity index (χ3n) is 14.1. The summed E-state index contributed by atoms with van der Waals surface area (Å²) in [6.07, 6.45) is 2.38. The Kier molecular flexibility index (Phi) is 18.6. The van der Waals surface area contributed by atoms with Gasteiger partial charge in [-0.3, -0.25) is 28.7 Å². The first-order chi connectivity index (χ1) is 36.2. The Morgan fingerprint density at radius 3 is 1.95 bits per heavy atom. The van der Waals surface area contributed by atoms with Gasteiger partial charge in [0, 0.05) is 83.7 Å². The number of nitrogens with zero attached hydrogens (tertiary/aromatic N) is 6. The van der Waals surface area contributed by atoms with Crippen molar-refractivity contribution in [3.05, 3.63) is 101 Å². The molecule has 0 saturated carbocycles. The fourth-order valence-electron chi connectivity index (χ4n) is 9.55. The zero-order chi connectivity index (χ0) is 54.9. The molecule has 2 aromatic carbocycles. The van der Waals surface area contributed by atoms with Gasteiger partial charge < -0.3 is 40.2 Å². The number of fused-ring (bicyclic) bond motifs is 2. The van der Waals surface area contributed by atoms with Crippen LogP contribution in [0.1, 0.15) is 69.3 Å². The van der Waals surface area contributed by atoms with Crippen molar-refractivity contribution in [1.82, 2.24) is 46.0 Å². The highest BCUT2D eigenvalue weighted by Gasteiger charge is 2.46. The van der Waals surface area contributed by atoms with E-state index >= 15 is 4.39 Å². The summed E-state index contributed by atoms with van der Waals surface area (Å²) in [7, 11) is 2.11. The molecule has 5 heterocycles. The number of hydrazine groups is 1. The Labute approximate surface area is 438 Å². The Hall–Kier alpha value is -6.87. The minimum Gasteiger partial charge on any atom is -0.453 e. The number of piperazine rings is 1. The molecular formula is C53H65F5N10O8. The molecule has 0 aliphatic carbocycles. The maximum absolute atomic E-state index is 16.0. The lowest BCUT2D eigenvalue weighted by atomic mass is 9.84. The number of pyridine rings is 1. The van der Waals surface area contributed by atoms with Crippen molar-refractivity contribution in [2.45, 2.75) is 102 Å². The van der Waals surface area contributed by atoms with Crippen LogP contribution in [0.4, 0.5) is 37.4 Å². The summed E-state index contributed by atoms with van der Waals surface area (Å²) in [4.78, 5) is 62.8. The molecule has 4 aromatic rings. The molecule has 3 saturated heterocycles. The maximum Gasteiger partial charge on any atom is 0.407 e. The number of aromatic nitrogens is 3. The van der Waals surface area contributed by atoms with E-state index in [2.05, 4.69) is 52.9 Å². The van der Waals surface area contributed by atoms with Crippen LogP contribution in [-0.2, 0) is 36.8 Å². The molecule has 23 heteroatoms. The number of alkyl carbamates (subject to hydrolysis) is 2. The minimum atomic E-state index is -2.94. The Morgan fingerprint density at radius 2 is 1.42 bits per heavy atom. The monoisotopic (exact) mass is 1060 g/mol. The van der Waals surface area contributed by atoms with Crippen molar-refractivity contribution in [2.75, 3.05) is 65.3 Å². The number of rotatable bonds is 21. The number of amides is 4. The van der Waals surface area contributed by atoms with Crippen LogP contribution in [0.5, 0.6) is 0 Å². The standard InChI is InChI=1S/C53H65F5N10O8/c1-52(2,30-54)45(62-50(72)74-5)47(70)61-42(19-33-10-7-32(8-11-33)9-12-34-13-18-44(59-21-34)65-25-38-16-17-39(26-65)68(38)40-28-76-29-40)43(69)27-66(64-48(71)46(53(3,4)31-55)63-51(73)75-6)23-36-15-14-35(20-41(36)56)37-22-60-67(24-37)49(57)58/h7-8,10-11,13-15,18,20-22,24,38-40,42-43,45-46,49,69H,16-17,19,23,25-31H2,1-6H3,(H,61,70)(H,62,72)(H,63,73)(H,64,71)/t38?,39?,42-,43-,45+,46+/m0/s1. The number of ether oxygens (including phenoxy) is 3. The molecular weight excluding hydrogens is 1000 g/mol. The number of halogens is 5. The number of nitrogens with one attached hydrogen (secondary N) is 4. The molecule has 0 spiro atoms. The molecule has 2 aromatic heterocycles. The number of hydrogen-bond donors (Lipinski definition) is 5. The van der Waals surface area contributed by atoms with Gasteiger partial charge >= 0.3 is 18.7 Å². The normalized spacial score (nSPS) is 18.4. The quantitative estimate of drug-likeness (QED) is 0.0410. The second kappa shape index (κ2) is 24.9. The topological polar surface area (TPSA) is 205 Å². The van der Waals surface area contributed by atoms with Crippen LogP contribution < -0.4 is 26.3 Å². The van der Waals surface area contributed by atoms with Crippen LogP contribution in [0.25, 0.3) is 11.1 Å². The lowest BCUT2D eigenvalue weighted by Gasteiger charge is -2.47. The number of benzene rings is 2. The van der Waals surface area contributed by atoms with Gasteiger partial charge in [-0.05, 0) is 60.7 Å². The van der Waals surface area contributed by atoms with Gasteiger partial charge in [-0.15, -0.1) is 0 Å². The maximum atomic E-state index is 16.0. The number of anilines is 1. The molecule has 2 bridgehead atoms. The molecule has 76 heavy (non-hydrogen) atoms. The molecule has 2 unspecified atom stereocenters. The van der Waals surface area contributed by atoms with Crippen molar-refractivity contribution in [2.24, 2.45) is 10.8 Å². The number of aliphatic hydroxyl groups is 1. The third kappa shape index (κ3) is 13.9. The van der Waals surface area contributed by atoms with Gasteiger partial charge in [0.1, 0.15) is 23.7 Å². The number of alkyl halides is 4. The molecule has 3 aliphatic rings. The summed E-state index contributed by atoms with van der Waals surface area (Å²) in [6, 6.07) is 11.7. The molecule has 7 rings (SSSR count). The fourth-order valence-corrected chi connectivity index (χ4v) is 9.55. The molecule has 410 valence electrons. The zero-order valence-corrected chi connectivity index (χ0v) is 43.2. The molecule has 5 N–H and O–H groups in total. The molecule has 3 aliphatic heterocycles. The second-order valence-corrected chi connectivity index (χ2v) is 20.7. The van der Waals surface area contributed by atoms with Gasteiger partial charge in [-0.2, -0.15) is 13.9 Å². The summed E-state index contributed by atoms with van der Waals surface area (Å²) >= 11 is 0. The van der Waals surface area contributed by atoms with E-state index in [0.29, 0.717) is 39.5 Å². The van der Waals surface area contributed by atoms with Crippen molar-refractivity contribution in [3.8, 4) is 23.0 Å². The van der Waals surface area contributed by atoms with Crippen LogP contribution in [0.15, 0.2) is 73.2 Å². The van der Waals surface area contributed by atoms with E-state index in [9.17, 15) is 41.8 Å². The van der Waals surface area contributed by atoms with Crippen LogP contribution in [0.3, 0.4) is 0 Å². The van der Waals surface area contributed by atoms with Crippen molar-refractivity contribution in [1.29, 1.82) is 0 Å².